The van der Waals surface area contributed by atoms with Gasteiger partial charge in [-0.15, -0.1) is 0 Å². The maximum Gasteiger partial charge on any atom is 0.188 e. The lowest BCUT2D eigenvalue weighted by Gasteiger charge is -2.22. The van der Waals surface area contributed by atoms with Crippen molar-refractivity contribution in [2.75, 3.05) is 27.2 Å². The molecular weight excluding hydrogens is 250 g/mol. The minimum absolute atomic E-state index is 0.520. The van der Waals surface area contributed by atoms with E-state index in [2.05, 4.69) is 34.3 Å². The summed E-state index contributed by atoms with van der Waals surface area (Å²) in [6.07, 6.45) is 5.32. The van der Waals surface area contributed by atoms with Crippen molar-refractivity contribution in [2.24, 2.45) is 16.6 Å². The third kappa shape index (κ3) is 4.81. The van der Waals surface area contributed by atoms with Gasteiger partial charge in [0.05, 0.1) is 6.54 Å². The fourth-order valence-electron chi connectivity index (χ4n) is 2.33. The van der Waals surface area contributed by atoms with Crippen LogP contribution in [0.1, 0.15) is 18.5 Å². The van der Waals surface area contributed by atoms with E-state index in [-0.39, 0.29) is 0 Å². The first-order valence-corrected chi connectivity index (χ1v) is 7.27. The molecule has 0 aromatic carbocycles. The molecule has 1 aromatic rings. The molecule has 0 radical (unpaired) electrons. The van der Waals surface area contributed by atoms with Crippen LogP contribution in [0.15, 0.2) is 29.4 Å². The molecule has 5 nitrogen and oxygen atoms in total. The molecule has 5 heteroatoms. The van der Waals surface area contributed by atoms with Gasteiger partial charge in [-0.2, -0.15) is 0 Å². The van der Waals surface area contributed by atoms with Crippen LogP contribution in [0, 0.1) is 5.92 Å². The predicted molar refractivity (Wildman–Crippen MR) is 82.6 cm³/mol. The summed E-state index contributed by atoms with van der Waals surface area (Å²) in [4.78, 5) is 11.0. The Labute approximate surface area is 121 Å². The van der Waals surface area contributed by atoms with E-state index in [1.54, 1.807) is 0 Å². The van der Waals surface area contributed by atoms with Crippen molar-refractivity contribution in [1.82, 2.24) is 15.2 Å². The number of aliphatic imine (C=N–C) groups is 1. The number of hydrogen-bond acceptors (Lipinski definition) is 3. The number of nitrogens with one attached hydrogen (secondary N) is 1. The van der Waals surface area contributed by atoms with E-state index in [0.29, 0.717) is 12.0 Å². The molecule has 1 saturated carbocycles. The van der Waals surface area contributed by atoms with Crippen LogP contribution in [-0.4, -0.2) is 49.1 Å². The minimum Gasteiger partial charge on any atom is -0.370 e. The first-order valence-electron chi connectivity index (χ1n) is 7.27. The molecule has 0 spiro atoms. The standard InChI is InChI=1S/C15H25N5/c1-20(2)14(12-6-7-12)11-19-15(16)18-10-8-13-5-3-4-9-17-13/h3-5,9,12,14H,6-8,10-11H2,1-2H3,(H3,16,18,19). The van der Waals surface area contributed by atoms with Gasteiger partial charge in [-0.3, -0.25) is 9.98 Å². The van der Waals surface area contributed by atoms with Crippen molar-refractivity contribution in [3.05, 3.63) is 30.1 Å². The first kappa shape index (κ1) is 14.8. The number of pyridine rings is 1. The van der Waals surface area contributed by atoms with E-state index in [9.17, 15) is 0 Å². The highest BCUT2D eigenvalue weighted by molar-refractivity contribution is 5.77. The summed E-state index contributed by atoms with van der Waals surface area (Å²) >= 11 is 0. The minimum atomic E-state index is 0.520. The van der Waals surface area contributed by atoms with Gasteiger partial charge in [0.25, 0.3) is 0 Å². The molecule has 110 valence electrons. The third-order valence-electron chi connectivity index (χ3n) is 3.69. The molecule has 3 N–H and O–H groups in total. The van der Waals surface area contributed by atoms with Crippen LogP contribution in [0.2, 0.25) is 0 Å². The molecule has 2 rings (SSSR count). The van der Waals surface area contributed by atoms with Crippen molar-refractivity contribution in [3.63, 3.8) is 0 Å². The van der Waals surface area contributed by atoms with Crippen LogP contribution >= 0.6 is 0 Å². The van der Waals surface area contributed by atoms with E-state index < -0.39 is 0 Å². The van der Waals surface area contributed by atoms with Crippen molar-refractivity contribution < 1.29 is 0 Å². The summed E-state index contributed by atoms with van der Waals surface area (Å²) in [5.41, 5.74) is 6.97. The van der Waals surface area contributed by atoms with Crippen LogP contribution in [0.4, 0.5) is 0 Å². The average molecular weight is 275 g/mol. The Kier molecular flexibility index (Phi) is 5.35. The molecule has 1 heterocycles. The molecule has 0 bridgehead atoms. The van der Waals surface area contributed by atoms with Crippen molar-refractivity contribution in [3.8, 4) is 0 Å². The van der Waals surface area contributed by atoms with Crippen LogP contribution in [-0.2, 0) is 6.42 Å². The van der Waals surface area contributed by atoms with E-state index in [4.69, 9.17) is 5.73 Å². The summed E-state index contributed by atoms with van der Waals surface area (Å²) in [7, 11) is 4.23. The number of nitrogens with zero attached hydrogens (tertiary/aromatic N) is 3. The van der Waals surface area contributed by atoms with Gasteiger partial charge < -0.3 is 16.0 Å². The van der Waals surface area contributed by atoms with Crippen LogP contribution in [0.25, 0.3) is 0 Å². The van der Waals surface area contributed by atoms with Crippen LogP contribution < -0.4 is 11.1 Å². The molecule has 1 fully saturated rings. The van der Waals surface area contributed by atoms with E-state index in [1.165, 1.54) is 12.8 Å². The Bertz CT molecular complexity index is 423. The molecule has 1 atom stereocenters. The Morgan fingerprint density at radius 3 is 2.90 bits per heavy atom. The van der Waals surface area contributed by atoms with E-state index in [1.807, 2.05) is 24.4 Å². The zero-order valence-electron chi connectivity index (χ0n) is 12.4. The van der Waals surface area contributed by atoms with Crippen molar-refractivity contribution in [1.29, 1.82) is 0 Å². The van der Waals surface area contributed by atoms with Crippen LogP contribution in [0.5, 0.6) is 0 Å². The SMILES string of the molecule is CN(C)C(CN=C(N)NCCc1ccccn1)C1CC1. The second-order valence-electron chi connectivity index (χ2n) is 5.59. The Balaban J connectivity index is 1.71. The highest BCUT2D eigenvalue weighted by Gasteiger charge is 2.32. The summed E-state index contributed by atoms with van der Waals surface area (Å²) in [6.45, 7) is 1.54. The molecule has 20 heavy (non-hydrogen) atoms. The largest absolute Gasteiger partial charge is 0.370 e. The van der Waals surface area contributed by atoms with Gasteiger partial charge in [-0.1, -0.05) is 6.07 Å². The number of nitrogens with two attached hydrogens (primary N) is 1. The highest BCUT2D eigenvalue weighted by atomic mass is 15.2. The van der Waals surface area contributed by atoms with Crippen LogP contribution in [0.3, 0.4) is 0 Å². The Hall–Kier alpha value is -1.62. The Morgan fingerprint density at radius 1 is 1.50 bits per heavy atom. The molecule has 0 amide bonds. The first-order chi connectivity index (χ1) is 9.66. The van der Waals surface area contributed by atoms with Gasteiger partial charge in [-0.05, 0) is 45.0 Å². The fourth-order valence-corrected chi connectivity index (χ4v) is 2.33. The number of hydrogen-bond donors (Lipinski definition) is 2. The van der Waals surface area contributed by atoms with Gasteiger partial charge in [-0.25, -0.2) is 0 Å². The van der Waals surface area contributed by atoms with Gasteiger partial charge in [0.1, 0.15) is 0 Å². The molecule has 1 unspecified atom stereocenters. The smallest absolute Gasteiger partial charge is 0.188 e. The summed E-state index contributed by atoms with van der Waals surface area (Å²) in [5.74, 6) is 1.34. The van der Waals surface area contributed by atoms with Crippen molar-refractivity contribution in [2.45, 2.75) is 25.3 Å². The lowest BCUT2D eigenvalue weighted by Crippen LogP contribution is -2.37. The zero-order valence-corrected chi connectivity index (χ0v) is 12.4. The lowest BCUT2D eigenvalue weighted by molar-refractivity contribution is 0.271. The molecule has 0 saturated heterocycles. The van der Waals surface area contributed by atoms with Crippen molar-refractivity contribution >= 4 is 5.96 Å². The Morgan fingerprint density at radius 2 is 2.30 bits per heavy atom. The lowest BCUT2D eigenvalue weighted by atomic mass is 10.2. The number of rotatable bonds is 7. The second-order valence-corrected chi connectivity index (χ2v) is 5.59. The summed E-state index contributed by atoms with van der Waals surface area (Å²) in [6, 6.07) is 6.46. The summed E-state index contributed by atoms with van der Waals surface area (Å²) < 4.78 is 0. The normalized spacial score (nSPS) is 17.2. The van der Waals surface area contributed by atoms with E-state index in [0.717, 1.165) is 31.1 Å². The predicted octanol–water partition coefficient (Wildman–Crippen LogP) is 0.869. The molecule has 0 aliphatic heterocycles. The molecule has 1 aromatic heterocycles. The van der Waals surface area contributed by atoms with Gasteiger partial charge >= 0.3 is 0 Å². The molecule has 1 aliphatic carbocycles. The average Bonchev–Trinajstić information content (AvgIpc) is 3.24. The number of guanidine groups is 1. The fraction of sp³-hybridized carbons (Fsp3) is 0.600. The monoisotopic (exact) mass is 275 g/mol. The molecule has 1 aliphatic rings. The highest BCUT2D eigenvalue weighted by Crippen LogP contribution is 2.34. The molecular formula is C15H25N5. The maximum absolute atomic E-state index is 5.91. The maximum atomic E-state index is 5.91. The topological polar surface area (TPSA) is 66.5 Å². The van der Waals surface area contributed by atoms with Gasteiger partial charge in [0.15, 0.2) is 5.96 Å². The second kappa shape index (κ2) is 7.24. The zero-order chi connectivity index (χ0) is 14.4. The number of aromatic nitrogens is 1. The number of likely N-dealkylation sites (N-methyl/N-ethyl adjacent to an activating group) is 1. The quantitative estimate of drug-likeness (QED) is 0.572. The third-order valence-corrected chi connectivity index (χ3v) is 3.69. The summed E-state index contributed by atoms with van der Waals surface area (Å²) in [5, 5.41) is 3.15. The van der Waals surface area contributed by atoms with E-state index >= 15 is 0 Å². The van der Waals surface area contributed by atoms with Gasteiger partial charge in [0.2, 0.25) is 0 Å². The van der Waals surface area contributed by atoms with Gasteiger partial charge in [0, 0.05) is 30.9 Å².